The zero-order chi connectivity index (χ0) is 23.6. The summed E-state index contributed by atoms with van der Waals surface area (Å²) in [5.41, 5.74) is -0.00699. The molecule has 1 N–H and O–H groups in total. The van der Waals surface area contributed by atoms with Crippen molar-refractivity contribution in [2.45, 2.75) is 56.7 Å². The summed E-state index contributed by atoms with van der Waals surface area (Å²) < 4.78 is 39.1. The second-order valence-electron chi connectivity index (χ2n) is 9.06. The predicted octanol–water partition coefficient (Wildman–Crippen LogP) is 2.78. The summed E-state index contributed by atoms with van der Waals surface area (Å²) in [6.45, 7) is 8.10. The van der Waals surface area contributed by atoms with Gasteiger partial charge < -0.3 is 14.4 Å². The quantitative estimate of drug-likeness (QED) is 0.652. The molecule has 33 heavy (non-hydrogen) atoms. The summed E-state index contributed by atoms with van der Waals surface area (Å²) >= 11 is 0. The first-order valence-electron chi connectivity index (χ1n) is 11.2. The van der Waals surface area contributed by atoms with Gasteiger partial charge in [-0.2, -0.15) is 13.4 Å². The fraction of sp³-hybridized carbons (Fsp3) is 0.522. The van der Waals surface area contributed by atoms with Gasteiger partial charge in [-0.05, 0) is 57.2 Å². The molecule has 10 heteroatoms. The van der Waals surface area contributed by atoms with Crippen molar-refractivity contribution in [1.29, 1.82) is 0 Å². The van der Waals surface area contributed by atoms with Crippen LogP contribution in [0.1, 0.15) is 50.4 Å². The van der Waals surface area contributed by atoms with Crippen LogP contribution in [0.2, 0.25) is 0 Å². The number of aromatic nitrogens is 2. The van der Waals surface area contributed by atoms with E-state index in [2.05, 4.69) is 40.4 Å². The number of amides is 1. The molecule has 2 fully saturated rings. The largest absolute Gasteiger partial charge is 0.475 e. The number of ether oxygens (including phenoxy) is 2. The van der Waals surface area contributed by atoms with E-state index in [1.807, 2.05) is 0 Å². The predicted molar refractivity (Wildman–Crippen MR) is 123 cm³/mol. The number of sulfonamides is 1. The summed E-state index contributed by atoms with van der Waals surface area (Å²) in [5, 5.41) is -0.291. The summed E-state index contributed by atoms with van der Waals surface area (Å²) in [6, 6.07) is 7.63. The number of carbonyl (C=O) groups is 1. The van der Waals surface area contributed by atoms with Crippen LogP contribution in [-0.2, 0) is 14.8 Å². The summed E-state index contributed by atoms with van der Waals surface area (Å²) in [5.74, 6) is 0.290. The number of rotatable bonds is 7. The lowest BCUT2D eigenvalue weighted by atomic mass is 9.90. The number of hydrogen-bond donors (Lipinski definition) is 1. The van der Waals surface area contributed by atoms with Crippen LogP contribution in [0.4, 0.5) is 5.82 Å². The molecule has 4 rings (SSSR count). The van der Waals surface area contributed by atoms with Gasteiger partial charge in [0.05, 0.1) is 11.7 Å². The van der Waals surface area contributed by atoms with Crippen LogP contribution in [0.25, 0.3) is 0 Å². The molecule has 0 aliphatic carbocycles. The molecule has 0 saturated carbocycles. The van der Waals surface area contributed by atoms with Crippen molar-refractivity contribution in [3.63, 3.8) is 0 Å². The smallest absolute Gasteiger partial charge is 0.281 e. The van der Waals surface area contributed by atoms with Crippen molar-refractivity contribution in [2.24, 2.45) is 5.92 Å². The highest BCUT2D eigenvalue weighted by Crippen LogP contribution is 2.38. The molecule has 9 nitrogen and oxygen atoms in total. The minimum atomic E-state index is -4.22. The number of pyridine rings is 2. The Labute approximate surface area is 194 Å². The molecule has 0 bridgehead atoms. The Bertz CT molecular complexity index is 1120. The Kier molecular flexibility index (Phi) is 6.58. The zero-order valence-electron chi connectivity index (χ0n) is 19.2. The van der Waals surface area contributed by atoms with Crippen LogP contribution in [0.5, 0.6) is 5.88 Å². The first-order valence-corrected chi connectivity index (χ1v) is 12.7. The van der Waals surface area contributed by atoms with Crippen LogP contribution in [0.3, 0.4) is 0 Å². The Balaban J connectivity index is 1.51. The number of nitrogens with zero attached hydrogens (tertiary/aromatic N) is 3. The maximum Gasteiger partial charge on any atom is 0.281 e. The van der Waals surface area contributed by atoms with Crippen molar-refractivity contribution in [3.8, 4) is 5.88 Å². The standard InChI is InChI=1S/C23H30N4O5S/c1-16-11-13-27(23(16,2)3)21-18(8-5-12-24-21)22(28)26-33(29,30)20-10-4-9-19(25-20)32-15-17-7-6-14-31-17/h4-5,8-10,12,16-17H,6-7,11,13-15H2,1-3H3,(H,26,28). The van der Waals surface area contributed by atoms with E-state index >= 15 is 0 Å². The Hall–Kier alpha value is -2.72. The fourth-order valence-electron chi connectivity index (χ4n) is 4.21. The first-order chi connectivity index (χ1) is 15.7. The zero-order valence-corrected chi connectivity index (χ0v) is 20.0. The Morgan fingerprint density at radius 1 is 1.27 bits per heavy atom. The lowest BCUT2D eigenvalue weighted by molar-refractivity contribution is 0.0661. The molecule has 2 aliphatic rings. The van der Waals surface area contributed by atoms with E-state index in [0.717, 1.165) is 25.8 Å². The summed E-state index contributed by atoms with van der Waals surface area (Å²) in [4.78, 5) is 23.6. The average Bonchev–Trinajstić information content (AvgIpc) is 3.40. The third-order valence-corrected chi connectivity index (χ3v) is 7.85. The second kappa shape index (κ2) is 9.26. The van der Waals surface area contributed by atoms with E-state index in [0.29, 0.717) is 24.9 Å². The highest BCUT2D eigenvalue weighted by molar-refractivity contribution is 7.90. The molecule has 2 unspecified atom stereocenters. The van der Waals surface area contributed by atoms with Crippen molar-refractivity contribution in [3.05, 3.63) is 42.1 Å². The molecule has 4 heterocycles. The van der Waals surface area contributed by atoms with Crippen LogP contribution in [-0.4, -0.2) is 55.7 Å². The minimum Gasteiger partial charge on any atom is -0.475 e. The van der Waals surface area contributed by atoms with Crippen molar-refractivity contribution in [1.82, 2.24) is 14.7 Å². The molecule has 0 spiro atoms. The van der Waals surface area contributed by atoms with Gasteiger partial charge >= 0.3 is 0 Å². The fourth-order valence-corrected chi connectivity index (χ4v) is 5.13. The van der Waals surface area contributed by atoms with Gasteiger partial charge in [-0.3, -0.25) is 4.79 Å². The van der Waals surface area contributed by atoms with Crippen LogP contribution < -0.4 is 14.4 Å². The van der Waals surface area contributed by atoms with E-state index in [1.165, 1.54) is 12.1 Å². The maximum absolute atomic E-state index is 13.1. The normalized spacial score (nSPS) is 22.3. The van der Waals surface area contributed by atoms with Gasteiger partial charge in [0.1, 0.15) is 12.4 Å². The number of nitrogens with one attached hydrogen (secondary N) is 1. The third kappa shape index (κ3) is 4.96. The van der Waals surface area contributed by atoms with Gasteiger partial charge in [0.15, 0.2) is 5.03 Å². The first kappa shape index (κ1) is 23.4. The molecule has 2 aliphatic heterocycles. The lowest BCUT2D eigenvalue weighted by Gasteiger charge is -2.36. The van der Waals surface area contributed by atoms with Gasteiger partial charge in [-0.1, -0.05) is 13.0 Å². The van der Waals surface area contributed by atoms with Gasteiger partial charge in [0, 0.05) is 31.0 Å². The molecule has 1 amide bonds. The van der Waals surface area contributed by atoms with E-state index in [4.69, 9.17) is 9.47 Å². The van der Waals surface area contributed by atoms with E-state index in [-0.39, 0.29) is 28.1 Å². The molecule has 2 atom stereocenters. The highest BCUT2D eigenvalue weighted by atomic mass is 32.2. The van der Waals surface area contributed by atoms with Crippen LogP contribution in [0.15, 0.2) is 41.6 Å². The highest BCUT2D eigenvalue weighted by Gasteiger charge is 2.40. The van der Waals surface area contributed by atoms with Crippen LogP contribution in [0, 0.1) is 5.92 Å². The molecule has 2 aromatic heterocycles. The van der Waals surface area contributed by atoms with Gasteiger partial charge in [0.25, 0.3) is 15.9 Å². The third-order valence-electron chi connectivity index (χ3n) is 6.62. The number of anilines is 1. The maximum atomic E-state index is 13.1. The minimum absolute atomic E-state index is 0.0201. The van der Waals surface area contributed by atoms with Crippen molar-refractivity contribution >= 4 is 21.7 Å². The molecule has 2 aromatic rings. The van der Waals surface area contributed by atoms with E-state index in [9.17, 15) is 13.2 Å². The van der Waals surface area contributed by atoms with E-state index < -0.39 is 15.9 Å². The number of hydrogen-bond acceptors (Lipinski definition) is 8. The van der Waals surface area contributed by atoms with Crippen molar-refractivity contribution < 1.29 is 22.7 Å². The second-order valence-corrected chi connectivity index (χ2v) is 10.7. The summed E-state index contributed by atoms with van der Waals surface area (Å²) in [6.07, 6.45) is 4.43. The average molecular weight is 475 g/mol. The lowest BCUT2D eigenvalue weighted by Crippen LogP contribution is -2.43. The van der Waals surface area contributed by atoms with Crippen LogP contribution >= 0.6 is 0 Å². The Morgan fingerprint density at radius 2 is 2.09 bits per heavy atom. The summed E-state index contributed by atoms with van der Waals surface area (Å²) in [7, 11) is -4.22. The van der Waals surface area contributed by atoms with Crippen molar-refractivity contribution in [2.75, 3.05) is 24.7 Å². The molecular weight excluding hydrogens is 444 g/mol. The van der Waals surface area contributed by atoms with Gasteiger partial charge in [0.2, 0.25) is 5.88 Å². The molecule has 2 saturated heterocycles. The monoisotopic (exact) mass is 474 g/mol. The van der Waals surface area contributed by atoms with Gasteiger partial charge in [-0.25, -0.2) is 9.71 Å². The SMILES string of the molecule is CC1CCN(c2ncccc2C(=O)NS(=O)(=O)c2cccc(OCC3CCCO3)n2)C1(C)C. The number of carbonyl (C=O) groups excluding carboxylic acids is 1. The topological polar surface area (TPSA) is 111 Å². The molecule has 0 radical (unpaired) electrons. The Morgan fingerprint density at radius 3 is 2.79 bits per heavy atom. The van der Waals surface area contributed by atoms with Gasteiger partial charge in [-0.15, -0.1) is 0 Å². The molecule has 0 aromatic carbocycles. The van der Waals surface area contributed by atoms with E-state index in [1.54, 1.807) is 24.4 Å². The molecule has 178 valence electrons. The molecular formula is C23H30N4O5S.